The zero-order valence-electron chi connectivity index (χ0n) is 17.9. The van der Waals surface area contributed by atoms with Crippen LogP contribution < -0.4 is 0 Å². The maximum atomic E-state index is 13.1. The molecule has 1 saturated heterocycles. The average Bonchev–Trinajstić information content (AvgIpc) is 3.00. The van der Waals surface area contributed by atoms with Gasteiger partial charge >= 0.3 is 5.97 Å². The van der Waals surface area contributed by atoms with Crippen LogP contribution in [-0.2, 0) is 11.3 Å². The normalized spacial score (nSPS) is 14.7. The van der Waals surface area contributed by atoms with Crippen molar-refractivity contribution in [3.63, 3.8) is 0 Å². The highest BCUT2D eigenvalue weighted by Crippen LogP contribution is 2.20. The van der Waals surface area contributed by atoms with E-state index in [9.17, 15) is 19.7 Å². The summed E-state index contributed by atoms with van der Waals surface area (Å²) < 4.78 is 4.95. The van der Waals surface area contributed by atoms with E-state index in [2.05, 4.69) is 36.1 Å². The number of aryl methyl sites for hydroxylation is 1. The molecule has 0 atom stereocenters. The summed E-state index contributed by atoms with van der Waals surface area (Å²) in [4.78, 5) is 39.9. The van der Waals surface area contributed by atoms with Gasteiger partial charge in [-0.05, 0) is 31.9 Å². The standard InChI is InChI=1S/C23H27N3O5/c1-3-31-23(28)20-13-19(14-21(15-20)26(29)30)22(27)25-10-4-9-24(11-12-25)16-18-7-5-17(2)6-8-18/h5-8,13-15H,3-4,9-12,16H2,1-2H3. The number of benzene rings is 2. The van der Waals surface area contributed by atoms with Crippen LogP contribution in [0.15, 0.2) is 42.5 Å². The highest BCUT2D eigenvalue weighted by Gasteiger charge is 2.24. The first-order valence-corrected chi connectivity index (χ1v) is 10.4. The Bertz CT molecular complexity index is 958. The number of carbonyl (C=O) groups is 2. The summed E-state index contributed by atoms with van der Waals surface area (Å²) in [5, 5.41) is 11.3. The van der Waals surface area contributed by atoms with Crippen molar-refractivity contribution in [3.8, 4) is 0 Å². The summed E-state index contributed by atoms with van der Waals surface area (Å²) >= 11 is 0. The van der Waals surface area contributed by atoms with Crippen LogP contribution in [0.5, 0.6) is 0 Å². The third-order valence-electron chi connectivity index (χ3n) is 5.29. The topological polar surface area (TPSA) is 93.0 Å². The monoisotopic (exact) mass is 425 g/mol. The van der Waals surface area contributed by atoms with Gasteiger partial charge in [0.15, 0.2) is 0 Å². The van der Waals surface area contributed by atoms with Crippen LogP contribution in [0.4, 0.5) is 5.69 Å². The van der Waals surface area contributed by atoms with E-state index in [1.165, 1.54) is 23.3 Å². The number of ether oxygens (including phenoxy) is 1. The molecule has 1 heterocycles. The SMILES string of the molecule is CCOC(=O)c1cc(C(=O)N2CCCN(Cc3ccc(C)cc3)CC2)cc([N+](=O)[O-])c1. The molecule has 2 aromatic carbocycles. The number of nitro groups is 1. The molecule has 3 rings (SSSR count). The van der Waals surface area contributed by atoms with Gasteiger partial charge in [0.1, 0.15) is 0 Å². The van der Waals surface area contributed by atoms with E-state index in [4.69, 9.17) is 4.74 Å². The lowest BCUT2D eigenvalue weighted by Crippen LogP contribution is -2.35. The third-order valence-corrected chi connectivity index (χ3v) is 5.29. The van der Waals surface area contributed by atoms with Crippen molar-refractivity contribution >= 4 is 17.6 Å². The summed E-state index contributed by atoms with van der Waals surface area (Å²) in [5.74, 6) is -0.994. The van der Waals surface area contributed by atoms with Gasteiger partial charge in [-0.25, -0.2) is 4.79 Å². The molecule has 1 aliphatic rings. The zero-order valence-corrected chi connectivity index (χ0v) is 17.9. The Balaban J connectivity index is 1.72. The number of rotatable bonds is 6. The molecule has 2 aromatic rings. The number of amides is 1. The van der Waals surface area contributed by atoms with E-state index in [1.54, 1.807) is 11.8 Å². The molecule has 31 heavy (non-hydrogen) atoms. The van der Waals surface area contributed by atoms with Crippen molar-refractivity contribution in [2.45, 2.75) is 26.8 Å². The predicted octanol–water partition coefficient (Wildman–Crippen LogP) is 3.43. The van der Waals surface area contributed by atoms with Gasteiger partial charge < -0.3 is 9.64 Å². The molecule has 0 bridgehead atoms. The smallest absolute Gasteiger partial charge is 0.338 e. The molecule has 8 heteroatoms. The summed E-state index contributed by atoms with van der Waals surface area (Å²) in [7, 11) is 0. The lowest BCUT2D eigenvalue weighted by Gasteiger charge is -2.22. The maximum absolute atomic E-state index is 13.1. The summed E-state index contributed by atoms with van der Waals surface area (Å²) in [6.45, 7) is 7.31. The molecule has 0 spiro atoms. The number of hydrogen-bond donors (Lipinski definition) is 0. The van der Waals surface area contributed by atoms with Crippen LogP contribution >= 0.6 is 0 Å². The Morgan fingerprint density at radius 2 is 1.74 bits per heavy atom. The van der Waals surface area contributed by atoms with E-state index < -0.39 is 10.9 Å². The molecule has 1 aliphatic heterocycles. The zero-order chi connectivity index (χ0) is 22.4. The molecule has 8 nitrogen and oxygen atoms in total. The van der Waals surface area contributed by atoms with Gasteiger partial charge in [-0.1, -0.05) is 29.8 Å². The van der Waals surface area contributed by atoms with Crippen LogP contribution in [-0.4, -0.2) is 59.4 Å². The molecule has 164 valence electrons. The fourth-order valence-electron chi connectivity index (χ4n) is 3.64. The fourth-order valence-corrected chi connectivity index (χ4v) is 3.64. The molecule has 0 N–H and O–H groups in total. The summed E-state index contributed by atoms with van der Waals surface area (Å²) in [5.41, 5.74) is 2.28. The predicted molar refractivity (Wildman–Crippen MR) is 116 cm³/mol. The lowest BCUT2D eigenvalue weighted by atomic mass is 10.1. The van der Waals surface area contributed by atoms with Gasteiger partial charge in [-0.3, -0.25) is 19.8 Å². The quantitative estimate of drug-likeness (QED) is 0.400. The Hall–Kier alpha value is -3.26. The second kappa shape index (κ2) is 10.2. The summed E-state index contributed by atoms with van der Waals surface area (Å²) in [6.07, 6.45) is 0.803. The van der Waals surface area contributed by atoms with Crippen LogP contribution in [0.3, 0.4) is 0 Å². The van der Waals surface area contributed by atoms with Gasteiger partial charge in [0.25, 0.3) is 11.6 Å². The van der Waals surface area contributed by atoms with Crippen molar-refractivity contribution in [3.05, 3.63) is 74.8 Å². The Kier molecular flexibility index (Phi) is 7.36. The maximum Gasteiger partial charge on any atom is 0.338 e. The third kappa shape index (κ3) is 5.88. The molecule has 1 amide bonds. The number of nitro benzene ring substituents is 1. The Morgan fingerprint density at radius 3 is 2.42 bits per heavy atom. The van der Waals surface area contributed by atoms with Crippen molar-refractivity contribution in [2.24, 2.45) is 0 Å². The largest absolute Gasteiger partial charge is 0.462 e. The Labute approximate surface area is 181 Å². The van der Waals surface area contributed by atoms with Crippen LogP contribution in [0.1, 0.15) is 45.2 Å². The minimum Gasteiger partial charge on any atom is -0.462 e. The molecule has 0 unspecified atom stereocenters. The van der Waals surface area contributed by atoms with Crippen LogP contribution in [0, 0.1) is 17.0 Å². The average molecular weight is 425 g/mol. The molecular weight excluding hydrogens is 398 g/mol. The van der Waals surface area contributed by atoms with E-state index in [-0.39, 0.29) is 29.3 Å². The Morgan fingerprint density at radius 1 is 1.03 bits per heavy atom. The lowest BCUT2D eigenvalue weighted by molar-refractivity contribution is -0.384. The molecular formula is C23H27N3O5. The molecule has 0 radical (unpaired) electrons. The van der Waals surface area contributed by atoms with Gasteiger partial charge in [-0.15, -0.1) is 0 Å². The second-order valence-electron chi connectivity index (χ2n) is 7.65. The van der Waals surface area contributed by atoms with E-state index in [0.29, 0.717) is 19.6 Å². The molecule has 0 aromatic heterocycles. The van der Waals surface area contributed by atoms with E-state index >= 15 is 0 Å². The number of nitrogens with zero attached hydrogens (tertiary/aromatic N) is 3. The minimum absolute atomic E-state index is 0.00946. The van der Waals surface area contributed by atoms with Gasteiger partial charge in [0, 0.05) is 50.4 Å². The number of non-ortho nitro benzene ring substituents is 1. The van der Waals surface area contributed by atoms with Crippen molar-refractivity contribution in [1.29, 1.82) is 0 Å². The van der Waals surface area contributed by atoms with Crippen LogP contribution in [0.2, 0.25) is 0 Å². The molecule has 0 saturated carbocycles. The van der Waals surface area contributed by atoms with Crippen molar-refractivity contribution < 1.29 is 19.2 Å². The fraction of sp³-hybridized carbons (Fsp3) is 0.391. The first kappa shape index (κ1) is 22.4. The van der Waals surface area contributed by atoms with Gasteiger partial charge in [-0.2, -0.15) is 0 Å². The first-order chi connectivity index (χ1) is 14.9. The number of hydrogen-bond acceptors (Lipinski definition) is 6. The second-order valence-corrected chi connectivity index (χ2v) is 7.65. The van der Waals surface area contributed by atoms with Gasteiger partial charge in [0.05, 0.1) is 17.1 Å². The number of esters is 1. The number of carbonyl (C=O) groups excluding carboxylic acids is 2. The first-order valence-electron chi connectivity index (χ1n) is 10.4. The van der Waals surface area contributed by atoms with E-state index in [1.807, 2.05) is 0 Å². The van der Waals surface area contributed by atoms with Gasteiger partial charge in [0.2, 0.25) is 0 Å². The summed E-state index contributed by atoms with van der Waals surface area (Å²) in [6, 6.07) is 12.1. The van der Waals surface area contributed by atoms with Crippen molar-refractivity contribution in [1.82, 2.24) is 9.80 Å². The highest BCUT2D eigenvalue weighted by atomic mass is 16.6. The van der Waals surface area contributed by atoms with Crippen molar-refractivity contribution in [2.75, 3.05) is 32.8 Å². The molecule has 1 fully saturated rings. The minimum atomic E-state index is -0.680. The van der Waals surface area contributed by atoms with E-state index in [0.717, 1.165) is 25.6 Å². The molecule has 0 aliphatic carbocycles. The van der Waals surface area contributed by atoms with Crippen LogP contribution in [0.25, 0.3) is 0 Å². The highest BCUT2D eigenvalue weighted by molar-refractivity contribution is 5.99.